The molecule has 3 heterocycles. The molecule has 1 aliphatic rings. The van der Waals surface area contributed by atoms with Crippen LogP contribution in [0.1, 0.15) is 47.2 Å². The molecule has 9 heteroatoms. The maximum absolute atomic E-state index is 13.6. The standard InChI is InChI=1S/C26H26N6O3/c1-18-14-24(35-22-11-9-21(34-2)10-12-22)30-25(29-18)23-8-3-4-13-32(23)26(33)19-6-5-7-20(15-19)31-16-27-28-17-31/h5-7,9-12,14-17,23H,3-4,8,13H2,1-2H3. The van der Waals surface area contributed by atoms with Crippen LogP contribution in [0.4, 0.5) is 0 Å². The molecule has 1 amide bonds. The van der Waals surface area contributed by atoms with Gasteiger partial charge in [0.15, 0.2) is 5.82 Å². The molecule has 35 heavy (non-hydrogen) atoms. The van der Waals surface area contributed by atoms with Gasteiger partial charge in [-0.15, -0.1) is 10.2 Å². The van der Waals surface area contributed by atoms with Crippen LogP contribution in [0.3, 0.4) is 0 Å². The van der Waals surface area contributed by atoms with E-state index in [-0.39, 0.29) is 11.9 Å². The van der Waals surface area contributed by atoms with Crippen molar-refractivity contribution in [3.05, 3.63) is 84.3 Å². The quantitative estimate of drug-likeness (QED) is 0.408. The molecule has 0 radical (unpaired) electrons. The number of aryl methyl sites for hydroxylation is 1. The van der Waals surface area contributed by atoms with Crippen molar-refractivity contribution in [1.29, 1.82) is 0 Å². The van der Waals surface area contributed by atoms with Crippen molar-refractivity contribution in [2.45, 2.75) is 32.2 Å². The van der Waals surface area contributed by atoms with Crippen LogP contribution in [0, 0.1) is 6.92 Å². The normalized spacial score (nSPS) is 15.6. The predicted octanol–water partition coefficient (Wildman–Crippen LogP) is 4.53. The van der Waals surface area contributed by atoms with Crippen molar-refractivity contribution in [3.8, 4) is 23.1 Å². The molecular formula is C26H26N6O3. The van der Waals surface area contributed by atoms with Gasteiger partial charge in [0.25, 0.3) is 5.91 Å². The number of carbonyl (C=O) groups excluding carboxylic acids is 1. The third kappa shape index (κ3) is 4.98. The third-order valence-electron chi connectivity index (χ3n) is 6.00. The van der Waals surface area contributed by atoms with Gasteiger partial charge in [0.1, 0.15) is 24.2 Å². The number of hydrogen-bond donors (Lipinski definition) is 0. The first-order valence-electron chi connectivity index (χ1n) is 11.5. The SMILES string of the molecule is COc1ccc(Oc2cc(C)nc(C3CCCCN3C(=O)c3cccc(-n4cnnc4)c3)n2)cc1. The number of ether oxygens (including phenoxy) is 2. The lowest BCUT2D eigenvalue weighted by molar-refractivity contribution is 0.0598. The monoisotopic (exact) mass is 470 g/mol. The Hall–Kier alpha value is -4.27. The van der Waals surface area contributed by atoms with Gasteiger partial charge >= 0.3 is 0 Å². The number of methoxy groups -OCH3 is 1. The van der Waals surface area contributed by atoms with Gasteiger partial charge in [-0.25, -0.2) is 4.98 Å². The second-order valence-corrected chi connectivity index (χ2v) is 8.41. The Balaban J connectivity index is 1.41. The maximum Gasteiger partial charge on any atom is 0.254 e. The van der Waals surface area contributed by atoms with Gasteiger partial charge in [0.2, 0.25) is 5.88 Å². The maximum atomic E-state index is 13.6. The van der Waals surface area contributed by atoms with Gasteiger partial charge in [0, 0.05) is 29.6 Å². The molecule has 178 valence electrons. The molecule has 1 atom stereocenters. The van der Waals surface area contributed by atoms with Crippen LogP contribution < -0.4 is 9.47 Å². The molecule has 1 saturated heterocycles. The number of carbonyl (C=O) groups is 1. The van der Waals surface area contributed by atoms with Crippen LogP contribution >= 0.6 is 0 Å². The Morgan fingerprint density at radius 1 is 0.971 bits per heavy atom. The zero-order chi connectivity index (χ0) is 24.2. The molecule has 0 saturated carbocycles. The van der Waals surface area contributed by atoms with Crippen LogP contribution in [0.5, 0.6) is 17.4 Å². The van der Waals surface area contributed by atoms with E-state index in [0.29, 0.717) is 29.6 Å². The first kappa shape index (κ1) is 22.5. The van der Waals surface area contributed by atoms with Crippen molar-refractivity contribution in [3.63, 3.8) is 0 Å². The molecule has 0 N–H and O–H groups in total. The summed E-state index contributed by atoms with van der Waals surface area (Å²) in [6, 6.07) is 16.4. The second-order valence-electron chi connectivity index (χ2n) is 8.41. The number of nitrogens with zero attached hydrogens (tertiary/aromatic N) is 6. The summed E-state index contributed by atoms with van der Waals surface area (Å²) >= 11 is 0. The molecule has 0 aliphatic carbocycles. The van der Waals surface area contributed by atoms with E-state index < -0.39 is 0 Å². The predicted molar refractivity (Wildman–Crippen MR) is 129 cm³/mol. The highest BCUT2D eigenvalue weighted by Crippen LogP contribution is 2.32. The van der Waals surface area contributed by atoms with Crippen LogP contribution in [-0.2, 0) is 0 Å². The highest BCUT2D eigenvalue weighted by Gasteiger charge is 2.31. The van der Waals surface area contributed by atoms with Crippen LogP contribution in [0.15, 0.2) is 67.3 Å². The van der Waals surface area contributed by atoms with Crippen LogP contribution in [-0.4, -0.2) is 49.2 Å². The van der Waals surface area contributed by atoms with Crippen molar-refractivity contribution >= 4 is 5.91 Å². The van der Waals surface area contributed by atoms with E-state index in [2.05, 4.69) is 15.2 Å². The number of rotatable bonds is 6. The fourth-order valence-corrected chi connectivity index (χ4v) is 4.27. The summed E-state index contributed by atoms with van der Waals surface area (Å²) in [5.74, 6) is 2.40. The Labute approximate surface area is 203 Å². The molecule has 1 aliphatic heterocycles. The van der Waals surface area contributed by atoms with Gasteiger partial charge in [-0.1, -0.05) is 6.07 Å². The molecule has 1 fully saturated rings. The number of amides is 1. The van der Waals surface area contributed by atoms with Crippen molar-refractivity contribution < 1.29 is 14.3 Å². The van der Waals surface area contributed by atoms with Gasteiger partial charge in [0.05, 0.1) is 13.2 Å². The zero-order valence-corrected chi connectivity index (χ0v) is 19.7. The van der Waals surface area contributed by atoms with Gasteiger partial charge in [-0.05, 0) is 68.7 Å². The van der Waals surface area contributed by atoms with E-state index in [1.807, 2.05) is 60.4 Å². The minimum absolute atomic E-state index is 0.0487. The summed E-state index contributed by atoms with van der Waals surface area (Å²) < 4.78 is 13.0. The van der Waals surface area contributed by atoms with E-state index in [4.69, 9.17) is 14.5 Å². The summed E-state index contributed by atoms with van der Waals surface area (Å²) in [5.41, 5.74) is 2.22. The molecule has 4 aromatic rings. The highest BCUT2D eigenvalue weighted by atomic mass is 16.5. The lowest BCUT2D eigenvalue weighted by Crippen LogP contribution is -2.39. The molecule has 5 rings (SSSR count). The summed E-state index contributed by atoms with van der Waals surface area (Å²) in [5, 5.41) is 7.71. The number of likely N-dealkylation sites (tertiary alicyclic amines) is 1. The first-order chi connectivity index (χ1) is 17.1. The van der Waals surface area contributed by atoms with E-state index in [1.54, 1.807) is 30.4 Å². The Morgan fingerprint density at radius 2 is 1.74 bits per heavy atom. The van der Waals surface area contributed by atoms with Gasteiger partial charge in [-0.2, -0.15) is 4.98 Å². The number of benzene rings is 2. The number of piperidine rings is 1. The molecular weight excluding hydrogens is 444 g/mol. The van der Waals surface area contributed by atoms with Gasteiger partial charge < -0.3 is 14.4 Å². The third-order valence-corrected chi connectivity index (χ3v) is 6.00. The molecule has 9 nitrogen and oxygen atoms in total. The van der Waals surface area contributed by atoms with Crippen molar-refractivity contribution in [1.82, 2.24) is 29.6 Å². The fraction of sp³-hybridized carbons (Fsp3) is 0.269. The van der Waals surface area contributed by atoms with E-state index in [0.717, 1.165) is 36.4 Å². The van der Waals surface area contributed by atoms with Crippen LogP contribution in [0.25, 0.3) is 5.69 Å². The average molecular weight is 471 g/mol. The largest absolute Gasteiger partial charge is 0.497 e. The average Bonchev–Trinajstić information content (AvgIpc) is 3.44. The minimum atomic E-state index is -0.229. The fourth-order valence-electron chi connectivity index (χ4n) is 4.27. The zero-order valence-electron chi connectivity index (χ0n) is 19.7. The van der Waals surface area contributed by atoms with E-state index >= 15 is 0 Å². The molecule has 2 aromatic heterocycles. The van der Waals surface area contributed by atoms with Crippen molar-refractivity contribution in [2.75, 3.05) is 13.7 Å². The summed E-state index contributed by atoms with van der Waals surface area (Å²) in [6.07, 6.45) is 5.95. The second kappa shape index (κ2) is 9.92. The molecule has 2 aromatic carbocycles. The molecule has 0 spiro atoms. The first-order valence-corrected chi connectivity index (χ1v) is 11.5. The molecule has 0 bridgehead atoms. The van der Waals surface area contributed by atoms with E-state index in [9.17, 15) is 4.79 Å². The summed E-state index contributed by atoms with van der Waals surface area (Å²) in [4.78, 5) is 24.9. The number of aromatic nitrogens is 5. The smallest absolute Gasteiger partial charge is 0.254 e. The van der Waals surface area contributed by atoms with Crippen LogP contribution in [0.2, 0.25) is 0 Å². The Bertz CT molecular complexity index is 1310. The van der Waals surface area contributed by atoms with Crippen molar-refractivity contribution in [2.24, 2.45) is 0 Å². The lowest BCUT2D eigenvalue weighted by atomic mass is 9.99. The lowest BCUT2D eigenvalue weighted by Gasteiger charge is -2.35. The topological polar surface area (TPSA) is 95.3 Å². The Kier molecular flexibility index (Phi) is 6.38. The van der Waals surface area contributed by atoms with E-state index in [1.165, 1.54) is 0 Å². The number of hydrogen-bond acceptors (Lipinski definition) is 7. The summed E-state index contributed by atoms with van der Waals surface area (Å²) in [7, 11) is 1.62. The summed E-state index contributed by atoms with van der Waals surface area (Å²) in [6.45, 7) is 2.55. The Morgan fingerprint density at radius 3 is 2.51 bits per heavy atom. The van der Waals surface area contributed by atoms with Gasteiger partial charge in [-0.3, -0.25) is 9.36 Å². The minimum Gasteiger partial charge on any atom is -0.497 e. The highest BCUT2D eigenvalue weighted by molar-refractivity contribution is 5.95. The molecule has 1 unspecified atom stereocenters.